The van der Waals surface area contributed by atoms with Crippen molar-refractivity contribution in [3.05, 3.63) is 65.9 Å². The second-order valence-corrected chi connectivity index (χ2v) is 9.20. The maximum absolute atomic E-state index is 12.6. The van der Waals surface area contributed by atoms with E-state index in [2.05, 4.69) is 20.0 Å². The number of ether oxygens (including phenoxy) is 1. The first kappa shape index (κ1) is 22.4. The molecule has 2 aromatic carbocycles. The number of esters is 1. The molecule has 170 valence electrons. The monoisotopic (exact) mass is 466 g/mol. The number of rotatable bonds is 6. The van der Waals surface area contributed by atoms with E-state index in [9.17, 15) is 18.0 Å². The van der Waals surface area contributed by atoms with Crippen molar-refractivity contribution in [2.24, 2.45) is 4.99 Å². The van der Waals surface area contributed by atoms with E-state index < -0.39 is 28.5 Å². The van der Waals surface area contributed by atoms with Crippen molar-refractivity contribution in [3.63, 3.8) is 0 Å². The highest BCUT2D eigenvalue weighted by atomic mass is 32.2. The molecule has 2 heterocycles. The van der Waals surface area contributed by atoms with Gasteiger partial charge in [-0.25, -0.2) is 13.2 Å². The third-order valence-corrected chi connectivity index (χ3v) is 6.33. The van der Waals surface area contributed by atoms with Crippen LogP contribution in [0.1, 0.15) is 28.9 Å². The summed E-state index contributed by atoms with van der Waals surface area (Å²) in [6, 6.07) is 14.6. The van der Waals surface area contributed by atoms with E-state index in [1.807, 2.05) is 6.07 Å². The first-order valence-corrected chi connectivity index (χ1v) is 11.8. The first-order chi connectivity index (χ1) is 15.8. The summed E-state index contributed by atoms with van der Waals surface area (Å²) in [6.45, 7) is 1.84. The largest absolute Gasteiger partial charge is 0.452 e. The van der Waals surface area contributed by atoms with Crippen molar-refractivity contribution in [2.75, 3.05) is 18.5 Å². The summed E-state index contributed by atoms with van der Waals surface area (Å²) in [5.41, 5.74) is 1.89. The highest BCUT2D eigenvalue weighted by Crippen LogP contribution is 2.20. The number of aliphatic imine (C=N–C) groups is 1. The van der Waals surface area contributed by atoms with Crippen LogP contribution in [0.2, 0.25) is 0 Å². The van der Waals surface area contributed by atoms with Gasteiger partial charge in [0.15, 0.2) is 6.61 Å². The van der Waals surface area contributed by atoms with E-state index >= 15 is 0 Å². The van der Waals surface area contributed by atoms with Crippen LogP contribution in [0.3, 0.4) is 0 Å². The SMILES string of the molecule is Cc1cc(C(=O)OCC(=O)Nc2cccc(S(=O)(=O)NC3=NCCC3)c2)c2ccccc2n1. The number of nitrogens with zero attached hydrogens (tertiary/aromatic N) is 2. The summed E-state index contributed by atoms with van der Waals surface area (Å²) in [7, 11) is -3.81. The Balaban J connectivity index is 1.41. The fraction of sp³-hybridized carbons (Fsp3) is 0.217. The van der Waals surface area contributed by atoms with Gasteiger partial charge < -0.3 is 10.1 Å². The predicted octanol–water partition coefficient (Wildman–Crippen LogP) is 2.81. The second-order valence-electron chi connectivity index (χ2n) is 7.52. The molecule has 9 nitrogen and oxygen atoms in total. The van der Waals surface area contributed by atoms with E-state index in [0.29, 0.717) is 41.0 Å². The molecule has 1 amide bonds. The maximum atomic E-state index is 12.6. The smallest absolute Gasteiger partial charge is 0.339 e. The molecule has 0 spiro atoms. The lowest BCUT2D eigenvalue weighted by Gasteiger charge is -2.11. The molecule has 0 bridgehead atoms. The van der Waals surface area contributed by atoms with Crippen LogP contribution >= 0.6 is 0 Å². The molecule has 0 saturated carbocycles. The Bertz CT molecular complexity index is 1370. The number of aryl methyl sites for hydroxylation is 1. The Morgan fingerprint density at radius 2 is 1.91 bits per heavy atom. The number of fused-ring (bicyclic) bond motifs is 1. The van der Waals surface area contributed by atoms with E-state index in [1.54, 1.807) is 37.3 Å². The topological polar surface area (TPSA) is 127 Å². The van der Waals surface area contributed by atoms with E-state index in [-0.39, 0.29) is 10.6 Å². The van der Waals surface area contributed by atoms with Gasteiger partial charge >= 0.3 is 5.97 Å². The fourth-order valence-corrected chi connectivity index (χ4v) is 4.60. The van der Waals surface area contributed by atoms with Crippen molar-refractivity contribution in [1.82, 2.24) is 9.71 Å². The zero-order valence-corrected chi connectivity index (χ0v) is 18.7. The van der Waals surface area contributed by atoms with E-state index in [4.69, 9.17) is 4.74 Å². The maximum Gasteiger partial charge on any atom is 0.339 e. The zero-order valence-electron chi connectivity index (χ0n) is 17.9. The van der Waals surface area contributed by atoms with Gasteiger partial charge in [0, 0.05) is 29.7 Å². The van der Waals surface area contributed by atoms with Crippen LogP contribution in [-0.4, -0.2) is 44.3 Å². The molecule has 0 unspecified atom stereocenters. The number of amides is 1. The normalized spacial score (nSPS) is 13.4. The van der Waals surface area contributed by atoms with Crippen molar-refractivity contribution in [3.8, 4) is 0 Å². The second kappa shape index (κ2) is 9.37. The lowest BCUT2D eigenvalue weighted by atomic mass is 10.1. The number of hydrogen-bond donors (Lipinski definition) is 2. The average molecular weight is 467 g/mol. The summed E-state index contributed by atoms with van der Waals surface area (Å²) in [5.74, 6) is -0.818. The molecule has 1 aliphatic rings. The molecule has 2 N–H and O–H groups in total. The van der Waals surface area contributed by atoms with Gasteiger partial charge in [-0.05, 0) is 43.7 Å². The number of sulfonamides is 1. The van der Waals surface area contributed by atoms with E-state index in [0.717, 1.165) is 6.42 Å². The number of aromatic nitrogens is 1. The number of carbonyl (C=O) groups is 2. The molecule has 0 radical (unpaired) electrons. The fourth-order valence-electron chi connectivity index (χ4n) is 3.46. The number of anilines is 1. The minimum atomic E-state index is -3.81. The van der Waals surface area contributed by atoms with Crippen molar-refractivity contribution >= 4 is 44.3 Å². The molecule has 0 saturated heterocycles. The lowest BCUT2D eigenvalue weighted by Crippen LogP contribution is -2.29. The van der Waals surface area contributed by atoms with Gasteiger partial charge in [0.1, 0.15) is 5.84 Å². The molecule has 3 aromatic rings. The van der Waals surface area contributed by atoms with Crippen molar-refractivity contribution in [1.29, 1.82) is 0 Å². The van der Waals surface area contributed by atoms with Gasteiger partial charge in [0.25, 0.3) is 15.9 Å². The number of para-hydroxylation sites is 1. The van der Waals surface area contributed by atoms with Gasteiger partial charge in [-0.1, -0.05) is 24.3 Å². The Kier molecular flexibility index (Phi) is 6.36. The van der Waals surface area contributed by atoms with Gasteiger partial charge in [-0.15, -0.1) is 0 Å². The molecule has 0 atom stereocenters. The number of benzene rings is 2. The Hall–Kier alpha value is -3.79. The van der Waals surface area contributed by atoms with Crippen LogP contribution in [0, 0.1) is 6.92 Å². The predicted molar refractivity (Wildman–Crippen MR) is 124 cm³/mol. The van der Waals surface area contributed by atoms with Gasteiger partial charge in [0.2, 0.25) is 0 Å². The highest BCUT2D eigenvalue weighted by Gasteiger charge is 2.19. The molecule has 0 fully saturated rings. The number of nitrogens with one attached hydrogen (secondary N) is 2. The average Bonchev–Trinajstić information content (AvgIpc) is 3.29. The molecule has 10 heteroatoms. The van der Waals surface area contributed by atoms with E-state index in [1.165, 1.54) is 18.2 Å². The Morgan fingerprint density at radius 3 is 2.70 bits per heavy atom. The number of pyridine rings is 1. The minimum Gasteiger partial charge on any atom is -0.452 e. The summed E-state index contributed by atoms with van der Waals surface area (Å²) < 4.78 is 32.8. The third kappa shape index (κ3) is 5.35. The third-order valence-electron chi connectivity index (χ3n) is 4.95. The van der Waals surface area contributed by atoms with Crippen LogP contribution in [0.5, 0.6) is 0 Å². The standard InChI is InChI=1S/C23H22N4O5S/c1-15-12-19(18-8-2-3-9-20(18)25-15)23(29)32-14-22(28)26-16-6-4-7-17(13-16)33(30,31)27-21-10-5-11-24-21/h2-4,6-9,12-13H,5,10-11,14H2,1H3,(H,24,27)(H,26,28). The van der Waals surface area contributed by atoms with Gasteiger partial charge in [-0.2, -0.15) is 0 Å². The first-order valence-electron chi connectivity index (χ1n) is 10.3. The van der Waals surface area contributed by atoms with Crippen LogP contribution in [-0.2, 0) is 19.6 Å². The molecule has 4 rings (SSSR count). The molecular weight excluding hydrogens is 444 g/mol. The molecule has 1 aliphatic heterocycles. The zero-order chi connectivity index (χ0) is 23.4. The summed E-state index contributed by atoms with van der Waals surface area (Å²) in [4.78, 5) is 33.4. The van der Waals surface area contributed by atoms with Crippen LogP contribution < -0.4 is 10.0 Å². The minimum absolute atomic E-state index is 0.00868. The quantitative estimate of drug-likeness (QED) is 0.538. The molecular formula is C23H22N4O5S. The van der Waals surface area contributed by atoms with Crippen molar-refractivity contribution in [2.45, 2.75) is 24.7 Å². The Morgan fingerprint density at radius 1 is 1.09 bits per heavy atom. The molecule has 33 heavy (non-hydrogen) atoms. The summed E-state index contributed by atoms with van der Waals surface area (Å²) >= 11 is 0. The summed E-state index contributed by atoms with van der Waals surface area (Å²) in [6.07, 6.45) is 1.38. The van der Waals surface area contributed by atoms with Crippen LogP contribution in [0.25, 0.3) is 10.9 Å². The van der Waals surface area contributed by atoms with Crippen LogP contribution in [0.15, 0.2) is 64.5 Å². The number of hydrogen-bond acceptors (Lipinski definition) is 7. The van der Waals surface area contributed by atoms with Crippen LogP contribution in [0.4, 0.5) is 5.69 Å². The molecule has 1 aromatic heterocycles. The highest BCUT2D eigenvalue weighted by molar-refractivity contribution is 7.90. The number of carbonyl (C=O) groups excluding carboxylic acids is 2. The number of amidine groups is 1. The van der Waals surface area contributed by atoms with Gasteiger partial charge in [-0.3, -0.25) is 19.5 Å². The molecule has 0 aliphatic carbocycles. The summed E-state index contributed by atoms with van der Waals surface area (Å²) in [5, 5.41) is 3.18. The Labute approximate surface area is 190 Å². The lowest BCUT2D eigenvalue weighted by molar-refractivity contribution is -0.119. The van der Waals surface area contributed by atoms with Crippen molar-refractivity contribution < 1.29 is 22.7 Å². The van der Waals surface area contributed by atoms with Gasteiger partial charge in [0.05, 0.1) is 16.0 Å².